The molecule has 1 amide bonds. The first-order chi connectivity index (χ1) is 13.0. The van der Waals surface area contributed by atoms with Crippen LogP contribution in [0.5, 0.6) is 5.75 Å². The van der Waals surface area contributed by atoms with Crippen LogP contribution in [0.1, 0.15) is 5.56 Å². The number of nitrogens with one attached hydrogen (secondary N) is 1. The second-order valence-electron chi connectivity index (χ2n) is 5.55. The van der Waals surface area contributed by atoms with E-state index in [0.29, 0.717) is 5.16 Å². The van der Waals surface area contributed by atoms with Crippen molar-refractivity contribution in [2.75, 3.05) is 5.75 Å². The Hall–Kier alpha value is -2.65. The lowest BCUT2D eigenvalue weighted by molar-refractivity contribution is -0.118. The number of benzene rings is 2. The molecule has 1 heterocycles. The van der Waals surface area contributed by atoms with Crippen molar-refractivity contribution in [3.05, 3.63) is 58.6 Å². The number of hydrazone groups is 1. The zero-order valence-corrected chi connectivity index (χ0v) is 16.7. The van der Waals surface area contributed by atoms with Gasteiger partial charge in [-0.2, -0.15) is 5.10 Å². The highest BCUT2D eigenvalue weighted by Crippen LogP contribution is 2.23. The summed E-state index contributed by atoms with van der Waals surface area (Å²) in [5, 5.41) is 22.1. The van der Waals surface area contributed by atoms with Gasteiger partial charge in [0.15, 0.2) is 11.0 Å². The lowest BCUT2D eigenvalue weighted by Gasteiger charge is -2.04. The summed E-state index contributed by atoms with van der Waals surface area (Å²) in [6, 6.07) is 14.3. The number of nitrogens with zero attached hydrogens (tertiary/aromatic N) is 4. The molecule has 0 saturated carbocycles. The van der Waals surface area contributed by atoms with Crippen LogP contribution in [0.25, 0.3) is 11.4 Å². The summed E-state index contributed by atoms with van der Waals surface area (Å²) in [5.74, 6) is 0.830. The Kier molecular flexibility index (Phi) is 6.25. The number of phenols is 1. The van der Waals surface area contributed by atoms with E-state index in [1.165, 1.54) is 18.0 Å². The molecule has 0 aliphatic rings. The molecule has 3 rings (SSSR count). The molecule has 0 atom stereocenters. The molecule has 7 nitrogen and oxygen atoms in total. The van der Waals surface area contributed by atoms with Gasteiger partial charge in [0.25, 0.3) is 5.91 Å². The largest absolute Gasteiger partial charge is 0.508 e. The molecule has 0 unspecified atom stereocenters. The van der Waals surface area contributed by atoms with Gasteiger partial charge < -0.3 is 9.67 Å². The van der Waals surface area contributed by atoms with Gasteiger partial charge in [-0.3, -0.25) is 4.79 Å². The number of hydrogen-bond acceptors (Lipinski definition) is 6. The number of thioether (sulfide) groups is 1. The molecule has 9 heteroatoms. The number of rotatable bonds is 6. The molecule has 0 fully saturated rings. The number of halogens is 1. The van der Waals surface area contributed by atoms with Crippen molar-refractivity contribution in [2.45, 2.75) is 5.16 Å². The molecule has 1 aromatic heterocycles. The molecule has 0 radical (unpaired) electrons. The van der Waals surface area contributed by atoms with Gasteiger partial charge in [0.2, 0.25) is 0 Å². The number of carbonyl (C=O) groups excluding carboxylic acids is 1. The molecule has 0 spiro atoms. The summed E-state index contributed by atoms with van der Waals surface area (Å²) in [7, 11) is 1.86. The number of hydrogen-bond donors (Lipinski definition) is 2. The minimum atomic E-state index is -0.247. The quantitative estimate of drug-likeness (QED) is 0.345. The van der Waals surface area contributed by atoms with Gasteiger partial charge in [0.1, 0.15) is 5.75 Å². The fourth-order valence-electron chi connectivity index (χ4n) is 2.19. The zero-order chi connectivity index (χ0) is 19.2. The highest BCUT2D eigenvalue weighted by Gasteiger charge is 2.12. The highest BCUT2D eigenvalue weighted by atomic mass is 79.9. The predicted molar refractivity (Wildman–Crippen MR) is 109 cm³/mol. The first-order valence-corrected chi connectivity index (χ1v) is 9.70. The number of amides is 1. The maximum absolute atomic E-state index is 11.9. The monoisotopic (exact) mass is 445 g/mol. The highest BCUT2D eigenvalue weighted by molar-refractivity contribution is 9.10. The van der Waals surface area contributed by atoms with E-state index in [0.717, 1.165) is 21.4 Å². The standard InChI is InChI=1S/C18H16BrN5O2S/c1-24-17(13-4-6-14(19)7-5-13)22-23-18(24)27-11-16(26)21-20-10-12-2-8-15(25)9-3-12/h2-10,25H,11H2,1H3,(H,21,26). The summed E-state index contributed by atoms with van der Waals surface area (Å²) in [4.78, 5) is 11.9. The molecule has 138 valence electrons. The van der Waals surface area contributed by atoms with Gasteiger partial charge in [-0.15, -0.1) is 10.2 Å². The Morgan fingerprint density at radius 3 is 2.63 bits per heavy atom. The van der Waals surface area contributed by atoms with Crippen molar-refractivity contribution in [3.63, 3.8) is 0 Å². The van der Waals surface area contributed by atoms with Crippen LogP contribution in [0.2, 0.25) is 0 Å². The van der Waals surface area contributed by atoms with Crippen molar-refractivity contribution >= 4 is 39.8 Å². The molecule has 0 aliphatic carbocycles. The van der Waals surface area contributed by atoms with Crippen LogP contribution >= 0.6 is 27.7 Å². The smallest absolute Gasteiger partial charge is 0.250 e. The average molecular weight is 446 g/mol. The number of phenolic OH excluding ortho intramolecular Hbond substituents is 1. The van der Waals surface area contributed by atoms with Gasteiger partial charge >= 0.3 is 0 Å². The van der Waals surface area contributed by atoms with Crippen LogP contribution < -0.4 is 5.43 Å². The molecular formula is C18H16BrN5O2S. The predicted octanol–water partition coefficient (Wildman–Crippen LogP) is 3.19. The van der Waals surface area contributed by atoms with Crippen molar-refractivity contribution in [3.8, 4) is 17.1 Å². The summed E-state index contributed by atoms with van der Waals surface area (Å²) in [6.45, 7) is 0. The maximum atomic E-state index is 11.9. The molecular weight excluding hydrogens is 430 g/mol. The van der Waals surface area contributed by atoms with Crippen LogP contribution in [0, 0.1) is 0 Å². The van der Waals surface area contributed by atoms with E-state index in [1.807, 2.05) is 35.9 Å². The fraction of sp³-hybridized carbons (Fsp3) is 0.111. The third-order valence-electron chi connectivity index (χ3n) is 3.57. The normalized spacial score (nSPS) is 11.0. The van der Waals surface area contributed by atoms with Crippen molar-refractivity contribution in [2.24, 2.45) is 12.1 Å². The van der Waals surface area contributed by atoms with Crippen molar-refractivity contribution in [1.82, 2.24) is 20.2 Å². The SMILES string of the molecule is Cn1c(SCC(=O)NN=Cc2ccc(O)cc2)nnc1-c1ccc(Br)cc1. The summed E-state index contributed by atoms with van der Waals surface area (Å²) in [6.07, 6.45) is 1.51. The second-order valence-corrected chi connectivity index (χ2v) is 7.40. The van der Waals surface area contributed by atoms with Crippen LogP contribution in [0.15, 0.2) is 63.3 Å². The molecule has 0 aliphatic heterocycles. The topological polar surface area (TPSA) is 92.4 Å². The van der Waals surface area contributed by atoms with Gasteiger partial charge in [0, 0.05) is 17.1 Å². The van der Waals surface area contributed by atoms with E-state index in [-0.39, 0.29) is 17.4 Å². The van der Waals surface area contributed by atoms with E-state index in [1.54, 1.807) is 24.3 Å². The van der Waals surface area contributed by atoms with Crippen LogP contribution in [0.4, 0.5) is 0 Å². The van der Waals surface area contributed by atoms with Crippen LogP contribution in [-0.4, -0.2) is 37.7 Å². The van der Waals surface area contributed by atoms with E-state index in [2.05, 4.69) is 36.7 Å². The Morgan fingerprint density at radius 1 is 1.22 bits per heavy atom. The number of aromatic hydroxyl groups is 1. The van der Waals surface area contributed by atoms with E-state index >= 15 is 0 Å². The lowest BCUT2D eigenvalue weighted by Crippen LogP contribution is -2.19. The Bertz CT molecular complexity index is 955. The maximum Gasteiger partial charge on any atom is 0.250 e. The minimum Gasteiger partial charge on any atom is -0.508 e. The fourth-order valence-corrected chi connectivity index (χ4v) is 3.16. The van der Waals surface area contributed by atoms with Crippen LogP contribution in [-0.2, 0) is 11.8 Å². The first kappa shape index (κ1) is 19.1. The van der Waals surface area contributed by atoms with Crippen molar-refractivity contribution < 1.29 is 9.90 Å². The minimum absolute atomic E-state index is 0.166. The number of aromatic nitrogens is 3. The van der Waals surface area contributed by atoms with E-state index in [4.69, 9.17) is 0 Å². The number of carbonyl (C=O) groups is 1. The van der Waals surface area contributed by atoms with E-state index in [9.17, 15) is 9.90 Å². The third kappa shape index (κ3) is 5.18. The molecule has 27 heavy (non-hydrogen) atoms. The third-order valence-corrected chi connectivity index (χ3v) is 5.11. The van der Waals surface area contributed by atoms with Gasteiger partial charge in [-0.25, -0.2) is 5.43 Å². The van der Waals surface area contributed by atoms with Gasteiger partial charge in [-0.05, 0) is 42.0 Å². The Balaban J connectivity index is 1.54. The summed E-state index contributed by atoms with van der Waals surface area (Å²) >= 11 is 4.69. The Labute approximate surface area is 168 Å². The van der Waals surface area contributed by atoms with Crippen LogP contribution in [0.3, 0.4) is 0 Å². The molecule has 2 aromatic carbocycles. The molecule has 3 aromatic rings. The molecule has 2 N–H and O–H groups in total. The summed E-state index contributed by atoms with van der Waals surface area (Å²) < 4.78 is 2.84. The van der Waals surface area contributed by atoms with E-state index < -0.39 is 0 Å². The lowest BCUT2D eigenvalue weighted by atomic mass is 10.2. The second kappa shape index (κ2) is 8.83. The summed E-state index contributed by atoms with van der Waals surface area (Å²) in [5.41, 5.74) is 4.18. The van der Waals surface area contributed by atoms with Crippen molar-refractivity contribution in [1.29, 1.82) is 0 Å². The van der Waals surface area contributed by atoms with Gasteiger partial charge in [0.05, 0.1) is 12.0 Å². The molecule has 0 bridgehead atoms. The zero-order valence-electron chi connectivity index (χ0n) is 14.3. The Morgan fingerprint density at radius 2 is 1.93 bits per heavy atom. The first-order valence-electron chi connectivity index (χ1n) is 7.92. The molecule has 0 saturated heterocycles. The average Bonchev–Trinajstić information content (AvgIpc) is 3.03. The van der Waals surface area contributed by atoms with Gasteiger partial charge in [-0.1, -0.05) is 39.8 Å².